The zero-order valence-electron chi connectivity index (χ0n) is 14.4. The number of benzene rings is 2. The van der Waals surface area contributed by atoms with Crippen molar-refractivity contribution in [3.63, 3.8) is 0 Å². The molecule has 24 heavy (non-hydrogen) atoms. The lowest BCUT2D eigenvalue weighted by molar-refractivity contribution is -0.122. The Hall–Kier alpha value is -2.62. The molecule has 4 nitrogen and oxygen atoms in total. The molecule has 0 saturated heterocycles. The fourth-order valence-electron chi connectivity index (χ4n) is 2.51. The maximum Gasteiger partial charge on any atom is 0.243 e. The van der Waals surface area contributed by atoms with Crippen molar-refractivity contribution in [2.45, 2.75) is 33.4 Å². The van der Waals surface area contributed by atoms with Gasteiger partial charge in [0, 0.05) is 17.8 Å². The number of hydrogen-bond donors (Lipinski definition) is 2. The average Bonchev–Trinajstić information content (AvgIpc) is 2.58. The van der Waals surface area contributed by atoms with Crippen molar-refractivity contribution in [2.24, 2.45) is 5.92 Å². The first-order valence-corrected chi connectivity index (χ1v) is 8.17. The third kappa shape index (κ3) is 4.69. The molecule has 0 fully saturated rings. The molecule has 126 valence electrons. The molecule has 0 saturated carbocycles. The normalized spacial score (nSPS) is 11.8. The number of carbonyl (C=O) groups excluding carboxylic acids is 2. The van der Waals surface area contributed by atoms with Crippen LogP contribution in [0.1, 0.15) is 36.7 Å². The lowest BCUT2D eigenvalue weighted by atomic mass is 10.0. The maximum atomic E-state index is 12.6. The molecule has 2 rings (SSSR count). The molecule has 2 aromatic carbocycles. The van der Waals surface area contributed by atoms with Crippen molar-refractivity contribution >= 4 is 17.4 Å². The summed E-state index contributed by atoms with van der Waals surface area (Å²) in [6.45, 7) is 5.98. The quantitative estimate of drug-likeness (QED) is 0.765. The molecule has 0 aliphatic carbocycles. The van der Waals surface area contributed by atoms with Gasteiger partial charge in [0.1, 0.15) is 6.04 Å². The second-order valence-corrected chi connectivity index (χ2v) is 6.17. The molecule has 1 unspecified atom stereocenters. The van der Waals surface area contributed by atoms with Crippen LogP contribution in [0.2, 0.25) is 0 Å². The lowest BCUT2D eigenvalue weighted by Gasteiger charge is -2.24. The second kappa shape index (κ2) is 8.29. The van der Waals surface area contributed by atoms with Gasteiger partial charge in [0.05, 0.1) is 0 Å². The number of nitrogens with one attached hydrogen (secondary N) is 2. The van der Waals surface area contributed by atoms with Gasteiger partial charge in [0.15, 0.2) is 5.78 Å². The molecule has 4 heteroatoms. The first-order valence-electron chi connectivity index (χ1n) is 8.17. The molecule has 0 aliphatic heterocycles. The first kappa shape index (κ1) is 17.7. The molecule has 0 radical (unpaired) electrons. The molecule has 1 atom stereocenters. The number of Topliss-reactive ketones (excluding diaryl/α,β-unsaturated/α-hetero) is 1. The van der Waals surface area contributed by atoms with E-state index in [0.29, 0.717) is 17.8 Å². The summed E-state index contributed by atoms with van der Waals surface area (Å²) < 4.78 is 0. The number of amides is 1. The Labute approximate surface area is 143 Å². The molecular formula is C20H24N2O2. The molecule has 2 aromatic rings. The standard InChI is InChI=1S/C20H24N2O2/c1-14(2)19(20(24)21-13-16-9-5-4-6-10-16)22-18-12-8-7-11-17(18)15(3)23/h4-12,14,19,22H,13H2,1-3H3,(H,21,24). The summed E-state index contributed by atoms with van der Waals surface area (Å²) >= 11 is 0. The fourth-order valence-corrected chi connectivity index (χ4v) is 2.51. The molecule has 1 amide bonds. The van der Waals surface area contributed by atoms with Gasteiger partial charge in [0.25, 0.3) is 0 Å². The van der Waals surface area contributed by atoms with Crippen LogP contribution in [0, 0.1) is 5.92 Å². The van der Waals surface area contributed by atoms with E-state index < -0.39 is 6.04 Å². The summed E-state index contributed by atoms with van der Waals surface area (Å²) in [6, 6.07) is 16.7. The number of hydrogen-bond acceptors (Lipinski definition) is 3. The Morgan fingerprint density at radius 3 is 2.21 bits per heavy atom. The lowest BCUT2D eigenvalue weighted by Crippen LogP contribution is -2.43. The van der Waals surface area contributed by atoms with Crippen LogP contribution in [-0.2, 0) is 11.3 Å². The Balaban J connectivity index is 2.09. The highest BCUT2D eigenvalue weighted by Gasteiger charge is 2.23. The van der Waals surface area contributed by atoms with E-state index in [9.17, 15) is 9.59 Å². The molecule has 0 bridgehead atoms. The predicted octanol–water partition coefficient (Wildman–Crippen LogP) is 3.64. The smallest absolute Gasteiger partial charge is 0.243 e. The van der Waals surface area contributed by atoms with Gasteiger partial charge in [-0.15, -0.1) is 0 Å². The zero-order chi connectivity index (χ0) is 17.5. The monoisotopic (exact) mass is 324 g/mol. The highest BCUT2D eigenvalue weighted by atomic mass is 16.2. The number of carbonyl (C=O) groups is 2. The van der Waals surface area contributed by atoms with Gasteiger partial charge < -0.3 is 10.6 Å². The van der Waals surface area contributed by atoms with E-state index in [1.54, 1.807) is 6.07 Å². The Morgan fingerprint density at radius 1 is 0.958 bits per heavy atom. The molecular weight excluding hydrogens is 300 g/mol. The molecule has 2 N–H and O–H groups in total. The highest BCUT2D eigenvalue weighted by Crippen LogP contribution is 2.19. The van der Waals surface area contributed by atoms with Gasteiger partial charge in [-0.2, -0.15) is 0 Å². The van der Waals surface area contributed by atoms with E-state index in [-0.39, 0.29) is 17.6 Å². The van der Waals surface area contributed by atoms with E-state index in [1.165, 1.54) is 6.92 Å². The summed E-state index contributed by atoms with van der Waals surface area (Å²) in [7, 11) is 0. The zero-order valence-corrected chi connectivity index (χ0v) is 14.4. The van der Waals surface area contributed by atoms with Crippen LogP contribution in [-0.4, -0.2) is 17.7 Å². The maximum absolute atomic E-state index is 12.6. The Morgan fingerprint density at radius 2 is 1.58 bits per heavy atom. The van der Waals surface area contributed by atoms with E-state index in [1.807, 2.05) is 62.4 Å². The average molecular weight is 324 g/mol. The van der Waals surface area contributed by atoms with Crippen LogP contribution >= 0.6 is 0 Å². The summed E-state index contributed by atoms with van der Waals surface area (Å²) in [4.78, 5) is 24.3. The van der Waals surface area contributed by atoms with Crippen LogP contribution in [0.5, 0.6) is 0 Å². The van der Waals surface area contributed by atoms with Gasteiger partial charge in [-0.1, -0.05) is 56.3 Å². The molecule has 0 aliphatic rings. The minimum absolute atomic E-state index is 0.0229. The number of anilines is 1. The Kier molecular flexibility index (Phi) is 6.13. The minimum Gasteiger partial charge on any atom is -0.373 e. The van der Waals surface area contributed by atoms with E-state index in [2.05, 4.69) is 10.6 Å². The van der Waals surface area contributed by atoms with Crippen molar-refractivity contribution in [3.8, 4) is 0 Å². The molecule has 0 aromatic heterocycles. The highest BCUT2D eigenvalue weighted by molar-refractivity contribution is 6.00. The molecule has 0 spiro atoms. The van der Waals surface area contributed by atoms with Gasteiger partial charge >= 0.3 is 0 Å². The minimum atomic E-state index is -0.408. The number of ketones is 1. The van der Waals surface area contributed by atoms with Crippen LogP contribution in [0.15, 0.2) is 54.6 Å². The van der Waals surface area contributed by atoms with Crippen LogP contribution in [0.4, 0.5) is 5.69 Å². The van der Waals surface area contributed by atoms with Crippen molar-refractivity contribution in [1.82, 2.24) is 5.32 Å². The van der Waals surface area contributed by atoms with Crippen LogP contribution < -0.4 is 10.6 Å². The molecule has 0 heterocycles. The van der Waals surface area contributed by atoms with Gasteiger partial charge in [-0.3, -0.25) is 9.59 Å². The Bertz CT molecular complexity index is 696. The summed E-state index contributed by atoms with van der Waals surface area (Å²) in [5.41, 5.74) is 2.34. The van der Waals surface area contributed by atoms with Crippen molar-refractivity contribution in [2.75, 3.05) is 5.32 Å². The third-order valence-corrected chi connectivity index (χ3v) is 3.88. The van der Waals surface area contributed by atoms with E-state index in [0.717, 1.165) is 5.56 Å². The topological polar surface area (TPSA) is 58.2 Å². The SMILES string of the molecule is CC(=O)c1ccccc1NC(C(=O)NCc1ccccc1)C(C)C. The summed E-state index contributed by atoms with van der Waals surface area (Å²) in [5.74, 6) is -0.0155. The largest absolute Gasteiger partial charge is 0.373 e. The number of rotatable bonds is 7. The fraction of sp³-hybridized carbons (Fsp3) is 0.300. The van der Waals surface area contributed by atoms with Gasteiger partial charge in [-0.25, -0.2) is 0 Å². The summed E-state index contributed by atoms with van der Waals surface area (Å²) in [5, 5.41) is 6.19. The van der Waals surface area contributed by atoms with Crippen molar-refractivity contribution in [1.29, 1.82) is 0 Å². The third-order valence-electron chi connectivity index (χ3n) is 3.88. The second-order valence-electron chi connectivity index (χ2n) is 6.17. The number of para-hydroxylation sites is 1. The van der Waals surface area contributed by atoms with Crippen molar-refractivity contribution in [3.05, 3.63) is 65.7 Å². The van der Waals surface area contributed by atoms with Crippen molar-refractivity contribution < 1.29 is 9.59 Å². The van der Waals surface area contributed by atoms with E-state index in [4.69, 9.17) is 0 Å². The van der Waals surface area contributed by atoms with Crippen LogP contribution in [0.3, 0.4) is 0 Å². The predicted molar refractivity (Wildman–Crippen MR) is 97.0 cm³/mol. The van der Waals surface area contributed by atoms with E-state index >= 15 is 0 Å². The summed E-state index contributed by atoms with van der Waals surface area (Å²) in [6.07, 6.45) is 0. The van der Waals surface area contributed by atoms with Gasteiger partial charge in [-0.05, 0) is 30.5 Å². The first-order chi connectivity index (χ1) is 11.5. The van der Waals surface area contributed by atoms with Crippen LogP contribution in [0.25, 0.3) is 0 Å². The van der Waals surface area contributed by atoms with Gasteiger partial charge in [0.2, 0.25) is 5.91 Å².